The van der Waals surface area contributed by atoms with Crippen LogP contribution in [0.2, 0.25) is 0 Å². The standard InChI is InChI=1S/C26H24N4O3S2/c1-16(2)29-13-12-19-22(15-29)35-26(24(19)25-27-20-8-3-4-9-21(20)34-25)28-23(31)11-10-17-6-5-7-18(14-17)30(32)33/h3-11,14,16H,12-13,15H2,1-2H3,(H,28,31). The highest BCUT2D eigenvalue weighted by molar-refractivity contribution is 7.23. The Labute approximate surface area is 210 Å². The van der Waals surface area contributed by atoms with E-state index in [-0.39, 0.29) is 11.6 Å². The summed E-state index contributed by atoms with van der Waals surface area (Å²) in [6, 6.07) is 14.7. The molecule has 0 atom stereocenters. The lowest BCUT2D eigenvalue weighted by atomic mass is 10.0. The number of hydrogen-bond donors (Lipinski definition) is 1. The van der Waals surface area contributed by atoms with E-state index in [2.05, 4.69) is 30.1 Å². The number of carbonyl (C=O) groups excluding carboxylic acids is 1. The molecule has 1 N–H and O–H groups in total. The molecule has 0 saturated heterocycles. The van der Waals surface area contributed by atoms with Crippen LogP contribution in [-0.2, 0) is 17.8 Å². The van der Waals surface area contributed by atoms with Crippen LogP contribution in [0.4, 0.5) is 10.7 Å². The number of non-ortho nitro benzene ring substituents is 1. The molecule has 35 heavy (non-hydrogen) atoms. The van der Waals surface area contributed by atoms with Crippen molar-refractivity contribution in [2.24, 2.45) is 0 Å². The van der Waals surface area contributed by atoms with Crippen molar-refractivity contribution >= 4 is 55.6 Å². The van der Waals surface area contributed by atoms with Crippen LogP contribution >= 0.6 is 22.7 Å². The van der Waals surface area contributed by atoms with Crippen LogP contribution in [0.25, 0.3) is 26.9 Å². The van der Waals surface area contributed by atoms with Crippen LogP contribution in [0, 0.1) is 10.1 Å². The summed E-state index contributed by atoms with van der Waals surface area (Å²) in [5.41, 5.74) is 3.83. The lowest BCUT2D eigenvalue weighted by Gasteiger charge is -2.30. The average molecular weight is 505 g/mol. The molecule has 0 bridgehead atoms. The van der Waals surface area contributed by atoms with Crippen LogP contribution in [0.15, 0.2) is 54.6 Å². The summed E-state index contributed by atoms with van der Waals surface area (Å²) >= 11 is 3.25. The lowest BCUT2D eigenvalue weighted by Crippen LogP contribution is -2.35. The Bertz CT molecular complexity index is 1420. The number of aromatic nitrogens is 1. The zero-order chi connectivity index (χ0) is 24.5. The largest absolute Gasteiger partial charge is 0.313 e. The third-order valence-corrected chi connectivity index (χ3v) is 8.26. The van der Waals surface area contributed by atoms with Crippen LogP contribution < -0.4 is 5.32 Å². The van der Waals surface area contributed by atoms with Crippen molar-refractivity contribution in [1.29, 1.82) is 0 Å². The molecule has 0 aliphatic carbocycles. The molecule has 3 heterocycles. The van der Waals surface area contributed by atoms with Crippen molar-refractivity contribution < 1.29 is 9.72 Å². The van der Waals surface area contributed by atoms with Gasteiger partial charge in [0.1, 0.15) is 10.0 Å². The Morgan fingerprint density at radius 3 is 2.80 bits per heavy atom. The molecule has 178 valence electrons. The highest BCUT2D eigenvalue weighted by atomic mass is 32.1. The van der Waals surface area contributed by atoms with E-state index in [0.717, 1.165) is 45.3 Å². The first-order chi connectivity index (χ1) is 16.9. The van der Waals surface area contributed by atoms with Crippen molar-refractivity contribution in [3.05, 3.63) is 80.7 Å². The number of amides is 1. The lowest BCUT2D eigenvalue weighted by molar-refractivity contribution is -0.384. The van der Waals surface area contributed by atoms with E-state index in [1.165, 1.54) is 28.6 Å². The average Bonchev–Trinajstić information content (AvgIpc) is 3.42. The quantitative estimate of drug-likeness (QED) is 0.188. The highest BCUT2D eigenvalue weighted by Gasteiger charge is 2.28. The second kappa shape index (κ2) is 9.69. The maximum absolute atomic E-state index is 12.9. The summed E-state index contributed by atoms with van der Waals surface area (Å²) in [7, 11) is 0. The number of thiazole rings is 1. The SMILES string of the molecule is CC(C)N1CCc2c(sc(NC(=O)C=Cc3cccc([N+](=O)[O-])c3)c2-c2nc3ccccc3s2)C1. The molecule has 0 unspecified atom stereocenters. The third-order valence-electron chi connectivity index (χ3n) is 6.07. The number of para-hydroxylation sites is 1. The second-order valence-electron chi connectivity index (χ2n) is 8.68. The van der Waals surface area contributed by atoms with Crippen LogP contribution in [0.5, 0.6) is 0 Å². The first-order valence-electron chi connectivity index (χ1n) is 11.4. The van der Waals surface area contributed by atoms with E-state index in [4.69, 9.17) is 4.98 Å². The number of rotatable bonds is 6. The first-order valence-corrected chi connectivity index (χ1v) is 13.0. The molecule has 1 amide bonds. The van der Waals surface area contributed by atoms with Gasteiger partial charge in [-0.25, -0.2) is 4.98 Å². The van der Waals surface area contributed by atoms with Crippen molar-refractivity contribution in [3.63, 3.8) is 0 Å². The van der Waals surface area contributed by atoms with Gasteiger partial charge in [-0.05, 0) is 49.6 Å². The topological polar surface area (TPSA) is 88.4 Å². The summed E-state index contributed by atoms with van der Waals surface area (Å²) in [5.74, 6) is -0.279. The molecule has 0 spiro atoms. The Morgan fingerprint density at radius 2 is 2.03 bits per heavy atom. The predicted octanol–water partition coefficient (Wildman–Crippen LogP) is 6.35. The second-order valence-corrected chi connectivity index (χ2v) is 10.8. The van der Waals surface area contributed by atoms with Gasteiger partial charge in [0.25, 0.3) is 5.69 Å². The first kappa shape index (κ1) is 23.3. The Hall–Kier alpha value is -3.40. The molecular weight excluding hydrogens is 480 g/mol. The molecule has 5 rings (SSSR count). The summed E-state index contributed by atoms with van der Waals surface area (Å²) in [5, 5.41) is 15.8. The summed E-state index contributed by atoms with van der Waals surface area (Å²) in [6.45, 7) is 6.23. The van der Waals surface area contributed by atoms with Gasteiger partial charge in [-0.15, -0.1) is 22.7 Å². The number of nitrogens with zero attached hydrogens (tertiary/aromatic N) is 3. The van der Waals surface area contributed by atoms with Gasteiger partial charge in [-0.1, -0.05) is 24.3 Å². The fraction of sp³-hybridized carbons (Fsp3) is 0.231. The number of anilines is 1. The van der Waals surface area contributed by atoms with Crippen LogP contribution in [0.1, 0.15) is 29.9 Å². The Morgan fingerprint density at radius 1 is 1.20 bits per heavy atom. The van der Waals surface area contributed by atoms with Gasteiger partial charge in [0.15, 0.2) is 0 Å². The molecule has 1 aliphatic heterocycles. The summed E-state index contributed by atoms with van der Waals surface area (Å²) < 4.78 is 1.12. The maximum atomic E-state index is 12.9. The van der Waals surface area contributed by atoms with Gasteiger partial charge < -0.3 is 5.32 Å². The van der Waals surface area contributed by atoms with Gasteiger partial charge in [0.05, 0.1) is 15.1 Å². The van der Waals surface area contributed by atoms with Gasteiger partial charge in [-0.2, -0.15) is 0 Å². The molecule has 7 nitrogen and oxygen atoms in total. The minimum Gasteiger partial charge on any atom is -0.313 e. The van der Waals surface area contributed by atoms with Crippen LogP contribution in [0.3, 0.4) is 0 Å². The molecule has 4 aromatic rings. The minimum atomic E-state index is -0.446. The fourth-order valence-electron chi connectivity index (χ4n) is 4.22. The predicted molar refractivity (Wildman–Crippen MR) is 143 cm³/mol. The van der Waals surface area contributed by atoms with Crippen molar-refractivity contribution in [1.82, 2.24) is 9.88 Å². The molecule has 0 radical (unpaired) electrons. The number of hydrogen-bond acceptors (Lipinski definition) is 7. The van der Waals surface area contributed by atoms with E-state index in [0.29, 0.717) is 11.6 Å². The normalized spacial score (nSPS) is 14.0. The van der Waals surface area contributed by atoms with Crippen molar-refractivity contribution in [3.8, 4) is 10.6 Å². The van der Waals surface area contributed by atoms with Crippen molar-refractivity contribution in [2.45, 2.75) is 32.9 Å². The van der Waals surface area contributed by atoms with E-state index in [1.807, 2.05) is 18.2 Å². The highest BCUT2D eigenvalue weighted by Crippen LogP contribution is 2.45. The summed E-state index contributed by atoms with van der Waals surface area (Å²) in [6.07, 6.45) is 3.92. The number of thiophene rings is 1. The number of nitro benzene ring substituents is 1. The Balaban J connectivity index is 1.47. The molecule has 1 aliphatic rings. The zero-order valence-electron chi connectivity index (χ0n) is 19.4. The maximum Gasteiger partial charge on any atom is 0.270 e. The smallest absolute Gasteiger partial charge is 0.270 e. The Kier molecular flexibility index (Phi) is 6.46. The molecule has 2 aromatic heterocycles. The van der Waals surface area contributed by atoms with Gasteiger partial charge in [-0.3, -0.25) is 19.8 Å². The van der Waals surface area contributed by atoms with Gasteiger partial charge in [0.2, 0.25) is 5.91 Å². The fourth-order valence-corrected chi connectivity index (χ4v) is 6.61. The number of fused-ring (bicyclic) bond motifs is 2. The molecule has 2 aromatic carbocycles. The van der Waals surface area contributed by atoms with E-state index in [9.17, 15) is 14.9 Å². The molecule has 9 heteroatoms. The monoisotopic (exact) mass is 504 g/mol. The zero-order valence-corrected chi connectivity index (χ0v) is 21.0. The van der Waals surface area contributed by atoms with Gasteiger partial charge in [0, 0.05) is 47.8 Å². The minimum absolute atomic E-state index is 0.00804. The summed E-state index contributed by atoms with van der Waals surface area (Å²) in [4.78, 5) is 32.1. The van der Waals surface area contributed by atoms with Crippen molar-refractivity contribution in [2.75, 3.05) is 11.9 Å². The van der Waals surface area contributed by atoms with Gasteiger partial charge >= 0.3 is 0 Å². The van der Waals surface area contributed by atoms with E-state index in [1.54, 1.807) is 40.9 Å². The number of benzene rings is 2. The number of nitrogens with one attached hydrogen (secondary N) is 1. The molecular formula is C26H24N4O3S2. The molecule has 0 fully saturated rings. The molecule has 0 saturated carbocycles. The van der Waals surface area contributed by atoms with Crippen LogP contribution in [-0.4, -0.2) is 33.3 Å². The third kappa shape index (κ3) is 4.88. The number of carbonyl (C=O) groups is 1. The van der Waals surface area contributed by atoms with E-state index >= 15 is 0 Å². The number of nitro groups is 1. The van der Waals surface area contributed by atoms with E-state index < -0.39 is 4.92 Å².